The highest BCUT2D eigenvalue weighted by molar-refractivity contribution is 5.97. The van der Waals surface area contributed by atoms with Crippen molar-refractivity contribution in [1.82, 2.24) is 4.90 Å². The van der Waals surface area contributed by atoms with Crippen molar-refractivity contribution in [3.8, 4) is 11.5 Å². The van der Waals surface area contributed by atoms with Gasteiger partial charge in [-0.1, -0.05) is 0 Å². The van der Waals surface area contributed by atoms with Crippen molar-refractivity contribution >= 4 is 5.91 Å². The van der Waals surface area contributed by atoms with Gasteiger partial charge in [-0.2, -0.15) is 0 Å². The van der Waals surface area contributed by atoms with Crippen LogP contribution in [0.3, 0.4) is 0 Å². The Morgan fingerprint density at radius 1 is 1.53 bits per heavy atom. The molecule has 2 rings (SSSR count). The molecule has 92 valence electrons. The summed E-state index contributed by atoms with van der Waals surface area (Å²) in [4.78, 5) is 14.0. The van der Waals surface area contributed by atoms with Crippen molar-refractivity contribution in [1.29, 1.82) is 0 Å². The van der Waals surface area contributed by atoms with Gasteiger partial charge in [-0.15, -0.1) is 0 Å². The molecule has 17 heavy (non-hydrogen) atoms. The van der Waals surface area contributed by atoms with E-state index in [-0.39, 0.29) is 17.7 Å². The first-order valence-corrected chi connectivity index (χ1v) is 5.81. The van der Waals surface area contributed by atoms with Crippen molar-refractivity contribution in [2.75, 3.05) is 13.7 Å². The van der Waals surface area contributed by atoms with Gasteiger partial charge in [0.2, 0.25) is 0 Å². The van der Waals surface area contributed by atoms with Crippen LogP contribution in [0.25, 0.3) is 0 Å². The van der Waals surface area contributed by atoms with E-state index in [1.165, 1.54) is 13.2 Å². The number of nitrogens with zero attached hydrogens (tertiary/aromatic N) is 1. The third kappa shape index (κ3) is 2.20. The van der Waals surface area contributed by atoms with Gasteiger partial charge in [-0.3, -0.25) is 4.79 Å². The molecule has 0 radical (unpaired) electrons. The molecule has 1 unspecified atom stereocenters. The lowest BCUT2D eigenvalue weighted by Crippen LogP contribution is -2.33. The third-order valence-electron chi connectivity index (χ3n) is 3.25. The van der Waals surface area contributed by atoms with E-state index in [0.29, 0.717) is 11.3 Å². The predicted molar refractivity (Wildman–Crippen MR) is 64.4 cm³/mol. The molecule has 0 aromatic heterocycles. The Labute approximate surface area is 101 Å². The van der Waals surface area contributed by atoms with Gasteiger partial charge in [0, 0.05) is 18.7 Å². The van der Waals surface area contributed by atoms with E-state index in [1.54, 1.807) is 12.1 Å². The molecule has 1 aromatic carbocycles. The second-order valence-electron chi connectivity index (χ2n) is 4.37. The van der Waals surface area contributed by atoms with Gasteiger partial charge in [0.25, 0.3) is 5.91 Å². The predicted octanol–water partition coefficient (Wildman–Crippen LogP) is 2.03. The molecular weight excluding hydrogens is 218 g/mol. The Kier molecular flexibility index (Phi) is 3.22. The molecule has 1 aromatic rings. The fourth-order valence-electron chi connectivity index (χ4n) is 2.21. The quantitative estimate of drug-likeness (QED) is 0.853. The lowest BCUT2D eigenvalue weighted by atomic mass is 10.1. The number of amides is 1. The van der Waals surface area contributed by atoms with Crippen LogP contribution in [-0.4, -0.2) is 35.6 Å². The Morgan fingerprint density at radius 3 is 2.82 bits per heavy atom. The van der Waals surface area contributed by atoms with Crippen LogP contribution in [0, 0.1) is 0 Å². The number of aromatic hydroxyl groups is 1. The molecule has 0 bridgehead atoms. The van der Waals surface area contributed by atoms with Crippen LogP contribution in [0.4, 0.5) is 0 Å². The summed E-state index contributed by atoms with van der Waals surface area (Å²) in [6, 6.07) is 5.02. The Bertz CT molecular complexity index is 431. The van der Waals surface area contributed by atoms with Crippen molar-refractivity contribution in [2.45, 2.75) is 25.8 Å². The van der Waals surface area contributed by atoms with Gasteiger partial charge >= 0.3 is 0 Å². The van der Waals surface area contributed by atoms with Crippen molar-refractivity contribution in [3.63, 3.8) is 0 Å². The summed E-state index contributed by atoms with van der Waals surface area (Å²) in [5.74, 6) is 0.428. The standard InChI is InChI=1S/C13H17NO3/c1-9-4-3-7-14(9)13(16)11-6-5-10(17-2)8-12(11)15/h5-6,8-9,15H,3-4,7H2,1-2H3. The Hall–Kier alpha value is -1.71. The highest BCUT2D eigenvalue weighted by atomic mass is 16.5. The number of phenolic OH excluding ortho intramolecular Hbond substituents is 1. The largest absolute Gasteiger partial charge is 0.507 e. The average molecular weight is 235 g/mol. The van der Waals surface area contributed by atoms with Gasteiger partial charge in [0.1, 0.15) is 11.5 Å². The van der Waals surface area contributed by atoms with Crippen LogP contribution in [-0.2, 0) is 0 Å². The molecule has 1 aliphatic heterocycles. The maximum absolute atomic E-state index is 12.2. The van der Waals surface area contributed by atoms with E-state index in [1.807, 2.05) is 11.8 Å². The van der Waals surface area contributed by atoms with Gasteiger partial charge in [-0.05, 0) is 31.9 Å². The highest BCUT2D eigenvalue weighted by Crippen LogP contribution is 2.27. The van der Waals surface area contributed by atoms with E-state index < -0.39 is 0 Å². The Morgan fingerprint density at radius 2 is 2.29 bits per heavy atom. The number of phenols is 1. The molecule has 1 atom stereocenters. The van der Waals surface area contributed by atoms with Crippen LogP contribution < -0.4 is 4.74 Å². The fourth-order valence-corrected chi connectivity index (χ4v) is 2.21. The van der Waals surface area contributed by atoms with E-state index in [0.717, 1.165) is 19.4 Å². The summed E-state index contributed by atoms with van der Waals surface area (Å²) < 4.78 is 4.99. The second kappa shape index (κ2) is 4.65. The molecule has 1 saturated heterocycles. The first-order chi connectivity index (χ1) is 8.13. The minimum atomic E-state index is -0.102. The second-order valence-corrected chi connectivity index (χ2v) is 4.37. The number of carbonyl (C=O) groups is 1. The molecule has 0 spiro atoms. The SMILES string of the molecule is COc1ccc(C(=O)N2CCCC2C)c(O)c1. The molecule has 1 aliphatic rings. The molecule has 4 nitrogen and oxygen atoms in total. The zero-order valence-electron chi connectivity index (χ0n) is 10.1. The summed E-state index contributed by atoms with van der Waals surface area (Å²) in [7, 11) is 1.53. The van der Waals surface area contributed by atoms with Crippen molar-refractivity contribution in [3.05, 3.63) is 23.8 Å². The van der Waals surface area contributed by atoms with Gasteiger partial charge in [-0.25, -0.2) is 0 Å². The van der Waals surface area contributed by atoms with Crippen molar-refractivity contribution < 1.29 is 14.6 Å². The van der Waals surface area contributed by atoms with E-state index in [9.17, 15) is 9.90 Å². The molecule has 0 saturated carbocycles. The number of benzene rings is 1. The van der Waals surface area contributed by atoms with Crippen LogP contribution in [0.1, 0.15) is 30.1 Å². The highest BCUT2D eigenvalue weighted by Gasteiger charge is 2.27. The average Bonchev–Trinajstić information content (AvgIpc) is 2.74. The summed E-state index contributed by atoms with van der Waals surface area (Å²) in [5.41, 5.74) is 0.347. The molecular formula is C13H17NO3. The third-order valence-corrected chi connectivity index (χ3v) is 3.25. The van der Waals surface area contributed by atoms with E-state index in [2.05, 4.69) is 0 Å². The number of rotatable bonds is 2. The number of likely N-dealkylation sites (tertiary alicyclic amines) is 1. The first kappa shape index (κ1) is 11.8. The molecule has 4 heteroatoms. The maximum atomic E-state index is 12.2. The molecule has 0 aliphatic carbocycles. The van der Waals surface area contributed by atoms with Crippen LogP contribution in [0.15, 0.2) is 18.2 Å². The van der Waals surface area contributed by atoms with Gasteiger partial charge < -0.3 is 14.7 Å². The number of carbonyl (C=O) groups excluding carboxylic acids is 1. The normalized spacial score (nSPS) is 19.4. The van der Waals surface area contributed by atoms with Crippen LogP contribution in [0.2, 0.25) is 0 Å². The fraction of sp³-hybridized carbons (Fsp3) is 0.462. The monoisotopic (exact) mass is 235 g/mol. The maximum Gasteiger partial charge on any atom is 0.257 e. The van der Waals surface area contributed by atoms with Crippen LogP contribution >= 0.6 is 0 Å². The lowest BCUT2D eigenvalue weighted by molar-refractivity contribution is 0.0744. The minimum absolute atomic E-state index is 0.0200. The van der Waals surface area contributed by atoms with Gasteiger partial charge in [0.05, 0.1) is 12.7 Å². The summed E-state index contributed by atoms with van der Waals surface area (Å²) in [6.45, 7) is 2.80. The van der Waals surface area contributed by atoms with E-state index >= 15 is 0 Å². The number of hydrogen-bond donors (Lipinski definition) is 1. The molecule has 1 amide bonds. The molecule has 1 fully saturated rings. The Balaban J connectivity index is 2.25. The summed E-state index contributed by atoms with van der Waals surface area (Å²) in [5, 5.41) is 9.81. The smallest absolute Gasteiger partial charge is 0.257 e. The minimum Gasteiger partial charge on any atom is -0.507 e. The lowest BCUT2D eigenvalue weighted by Gasteiger charge is -2.21. The summed E-state index contributed by atoms with van der Waals surface area (Å²) >= 11 is 0. The summed E-state index contributed by atoms with van der Waals surface area (Å²) in [6.07, 6.45) is 2.06. The van der Waals surface area contributed by atoms with Crippen molar-refractivity contribution in [2.24, 2.45) is 0 Å². The zero-order valence-corrected chi connectivity index (χ0v) is 10.1. The zero-order chi connectivity index (χ0) is 12.4. The topological polar surface area (TPSA) is 49.8 Å². The number of methoxy groups -OCH3 is 1. The molecule has 1 N–H and O–H groups in total. The number of ether oxygens (including phenoxy) is 1. The van der Waals surface area contributed by atoms with Gasteiger partial charge in [0.15, 0.2) is 0 Å². The number of hydrogen-bond acceptors (Lipinski definition) is 3. The molecule has 1 heterocycles. The van der Waals surface area contributed by atoms with Crippen LogP contribution in [0.5, 0.6) is 11.5 Å². The van der Waals surface area contributed by atoms with E-state index in [4.69, 9.17) is 4.74 Å². The first-order valence-electron chi connectivity index (χ1n) is 5.81.